The van der Waals surface area contributed by atoms with Gasteiger partial charge in [-0.3, -0.25) is 9.59 Å². The van der Waals surface area contributed by atoms with Gasteiger partial charge in [-0.25, -0.2) is 9.97 Å². The fourth-order valence-corrected chi connectivity index (χ4v) is 3.87. The summed E-state index contributed by atoms with van der Waals surface area (Å²) in [6.07, 6.45) is 3.12. The number of carbonyl (C=O) groups is 2. The Morgan fingerprint density at radius 1 is 1.15 bits per heavy atom. The Kier molecular flexibility index (Phi) is 5.69. The summed E-state index contributed by atoms with van der Waals surface area (Å²) >= 11 is 0. The van der Waals surface area contributed by atoms with Crippen molar-refractivity contribution in [3.05, 3.63) is 89.6 Å². The molecule has 1 aliphatic rings. The lowest BCUT2D eigenvalue weighted by atomic mass is 9.96. The molecule has 2 aromatic carbocycles. The minimum atomic E-state index is -0.729. The van der Waals surface area contributed by atoms with E-state index < -0.39 is 6.04 Å². The van der Waals surface area contributed by atoms with Gasteiger partial charge in [0.25, 0.3) is 5.91 Å². The van der Waals surface area contributed by atoms with E-state index in [4.69, 9.17) is 0 Å². The largest absolute Gasteiger partial charge is 0.378 e. The van der Waals surface area contributed by atoms with Crippen LogP contribution in [0.15, 0.2) is 67.1 Å². The number of fused-ring (bicyclic) bond motifs is 1. The molecule has 0 saturated carbocycles. The Bertz CT molecular complexity index is 1350. The fraction of sp³-hybridized carbons (Fsp3) is 0.167. The van der Waals surface area contributed by atoms with Gasteiger partial charge in [0.05, 0.1) is 6.54 Å². The maximum atomic E-state index is 13.0. The summed E-state index contributed by atoms with van der Waals surface area (Å²) in [6.45, 7) is 0.861. The predicted molar refractivity (Wildman–Crippen MR) is 124 cm³/mol. The summed E-state index contributed by atoms with van der Waals surface area (Å²) in [7, 11) is 1.87. The van der Waals surface area contributed by atoms with Crippen molar-refractivity contribution in [2.45, 2.75) is 19.1 Å². The van der Waals surface area contributed by atoms with E-state index in [1.165, 1.54) is 6.33 Å². The van der Waals surface area contributed by atoms with Crippen molar-refractivity contribution in [1.29, 1.82) is 0 Å². The lowest BCUT2D eigenvalue weighted by molar-refractivity contribution is -0.123. The second-order valence-electron chi connectivity index (χ2n) is 7.85. The first-order valence-electron chi connectivity index (χ1n) is 10.7. The lowest BCUT2D eigenvalue weighted by Gasteiger charge is -2.26. The number of benzene rings is 2. The Balaban J connectivity index is 1.28. The van der Waals surface area contributed by atoms with Gasteiger partial charge in [0.1, 0.15) is 18.1 Å². The van der Waals surface area contributed by atoms with E-state index in [2.05, 4.69) is 36.1 Å². The van der Waals surface area contributed by atoms with E-state index in [-0.39, 0.29) is 11.8 Å². The number of aromatic nitrogens is 5. The Morgan fingerprint density at radius 3 is 2.88 bits per heavy atom. The van der Waals surface area contributed by atoms with Crippen molar-refractivity contribution in [3.8, 4) is 11.5 Å². The Hall–Kier alpha value is -4.60. The number of nitrogens with zero attached hydrogens (tertiary/aromatic N) is 5. The molecule has 0 bridgehead atoms. The number of rotatable bonds is 6. The van der Waals surface area contributed by atoms with Crippen molar-refractivity contribution in [3.63, 3.8) is 0 Å². The van der Waals surface area contributed by atoms with Gasteiger partial charge in [0.15, 0.2) is 11.6 Å². The molecule has 0 aliphatic carbocycles. The van der Waals surface area contributed by atoms with Crippen LogP contribution < -0.4 is 16.0 Å². The number of amides is 2. The van der Waals surface area contributed by atoms with Gasteiger partial charge in [0.2, 0.25) is 5.91 Å². The first kappa shape index (κ1) is 21.3. The number of carbonyl (C=O) groups excluding carboxylic acids is 2. The van der Waals surface area contributed by atoms with Crippen molar-refractivity contribution in [2.24, 2.45) is 7.05 Å². The van der Waals surface area contributed by atoms with Crippen LogP contribution in [0.4, 0.5) is 5.69 Å². The molecule has 0 radical (unpaired) electrons. The van der Waals surface area contributed by atoms with Crippen molar-refractivity contribution < 1.29 is 9.59 Å². The molecule has 1 aliphatic heterocycles. The third kappa shape index (κ3) is 4.20. The zero-order valence-electron chi connectivity index (χ0n) is 18.4. The molecule has 3 heterocycles. The third-order valence-corrected chi connectivity index (χ3v) is 5.71. The highest BCUT2D eigenvalue weighted by Gasteiger charge is 2.28. The molecular weight excluding hydrogens is 432 g/mol. The highest BCUT2D eigenvalue weighted by Crippen LogP contribution is 2.23. The van der Waals surface area contributed by atoms with Gasteiger partial charge in [0, 0.05) is 31.0 Å². The van der Waals surface area contributed by atoms with Crippen LogP contribution in [0.3, 0.4) is 0 Å². The van der Waals surface area contributed by atoms with E-state index in [0.717, 1.165) is 16.8 Å². The molecule has 1 unspecified atom stereocenters. The quantitative estimate of drug-likeness (QED) is 0.407. The molecular formula is C24H22N8O2. The number of anilines is 1. The van der Waals surface area contributed by atoms with Crippen molar-refractivity contribution >= 4 is 17.5 Å². The fourth-order valence-electron chi connectivity index (χ4n) is 3.87. The summed E-state index contributed by atoms with van der Waals surface area (Å²) in [4.78, 5) is 33.5. The summed E-state index contributed by atoms with van der Waals surface area (Å²) < 4.78 is 1.85. The molecule has 4 aromatic rings. The van der Waals surface area contributed by atoms with Crippen LogP contribution in [0.5, 0.6) is 0 Å². The van der Waals surface area contributed by atoms with Crippen LogP contribution in [0, 0.1) is 0 Å². The standard InChI is InChI=1S/C24H22N8O2/c1-32-20(30-31-22(32)19-9-10-25-14-28-19)13-26-17-7-4-6-15(11-17)23(33)29-21-18-8-3-2-5-16(18)12-27-24(21)34/h2-11,14,21,26H,12-13H2,1H3,(H,27,34)(H,29,33). The normalized spacial score (nSPS) is 14.7. The molecule has 0 fully saturated rings. The van der Waals surface area contributed by atoms with Gasteiger partial charge in [-0.05, 0) is 35.4 Å². The second kappa shape index (κ2) is 9.10. The van der Waals surface area contributed by atoms with Gasteiger partial charge >= 0.3 is 0 Å². The van der Waals surface area contributed by atoms with Crippen LogP contribution in [0.25, 0.3) is 11.5 Å². The average molecular weight is 454 g/mol. The lowest BCUT2D eigenvalue weighted by Crippen LogP contribution is -2.43. The van der Waals surface area contributed by atoms with E-state index >= 15 is 0 Å². The van der Waals surface area contributed by atoms with Crippen LogP contribution in [-0.4, -0.2) is 36.5 Å². The van der Waals surface area contributed by atoms with Crippen molar-refractivity contribution in [1.82, 2.24) is 35.4 Å². The first-order chi connectivity index (χ1) is 16.6. The molecule has 10 heteroatoms. The smallest absolute Gasteiger partial charge is 0.252 e. The van der Waals surface area contributed by atoms with Gasteiger partial charge in [-0.1, -0.05) is 30.3 Å². The van der Waals surface area contributed by atoms with Gasteiger partial charge in [-0.2, -0.15) is 0 Å². The SMILES string of the molecule is Cn1c(CNc2cccc(C(=O)NC3C(=O)NCc4ccccc43)c2)nnc1-c1ccncn1. The molecule has 0 saturated heterocycles. The number of hydrogen-bond acceptors (Lipinski definition) is 7. The molecule has 2 amide bonds. The zero-order chi connectivity index (χ0) is 23.5. The van der Waals surface area contributed by atoms with Crippen LogP contribution in [-0.2, 0) is 24.9 Å². The molecule has 5 rings (SSSR count). The van der Waals surface area contributed by atoms with E-state index in [0.29, 0.717) is 36.0 Å². The van der Waals surface area contributed by atoms with E-state index in [9.17, 15) is 9.59 Å². The van der Waals surface area contributed by atoms with E-state index in [1.807, 2.05) is 41.9 Å². The third-order valence-electron chi connectivity index (χ3n) is 5.71. The molecule has 34 heavy (non-hydrogen) atoms. The first-order valence-corrected chi connectivity index (χ1v) is 10.7. The average Bonchev–Trinajstić information content (AvgIpc) is 3.25. The van der Waals surface area contributed by atoms with Crippen LogP contribution in [0.1, 0.15) is 33.4 Å². The summed E-state index contributed by atoms with van der Waals surface area (Å²) in [5.74, 6) is 0.797. The summed E-state index contributed by atoms with van der Waals surface area (Å²) in [5.41, 5.74) is 3.68. The Labute approximate surface area is 195 Å². The zero-order valence-corrected chi connectivity index (χ0v) is 18.4. The topological polar surface area (TPSA) is 127 Å². The van der Waals surface area contributed by atoms with Gasteiger partial charge in [-0.15, -0.1) is 10.2 Å². The van der Waals surface area contributed by atoms with Crippen LogP contribution in [0.2, 0.25) is 0 Å². The highest BCUT2D eigenvalue weighted by atomic mass is 16.2. The van der Waals surface area contributed by atoms with E-state index in [1.54, 1.807) is 30.5 Å². The monoisotopic (exact) mass is 454 g/mol. The minimum absolute atomic E-state index is 0.219. The summed E-state index contributed by atoms with van der Waals surface area (Å²) in [5, 5.41) is 17.4. The predicted octanol–water partition coefficient (Wildman–Crippen LogP) is 1.99. The maximum absolute atomic E-state index is 13.0. The number of hydrogen-bond donors (Lipinski definition) is 3. The van der Waals surface area contributed by atoms with Gasteiger partial charge < -0.3 is 20.5 Å². The molecule has 3 N–H and O–H groups in total. The van der Waals surface area contributed by atoms with Crippen LogP contribution >= 0.6 is 0 Å². The van der Waals surface area contributed by atoms with Crippen molar-refractivity contribution in [2.75, 3.05) is 5.32 Å². The minimum Gasteiger partial charge on any atom is -0.378 e. The molecule has 0 spiro atoms. The number of nitrogens with one attached hydrogen (secondary N) is 3. The molecule has 1 atom stereocenters. The maximum Gasteiger partial charge on any atom is 0.252 e. The molecule has 170 valence electrons. The molecule has 2 aromatic heterocycles. The summed E-state index contributed by atoms with van der Waals surface area (Å²) in [6, 6.07) is 15.7. The highest BCUT2D eigenvalue weighted by molar-refractivity contribution is 5.99. The Morgan fingerprint density at radius 2 is 2.03 bits per heavy atom. The molecule has 10 nitrogen and oxygen atoms in total. The second-order valence-corrected chi connectivity index (χ2v) is 7.85.